The molecule has 0 fully saturated rings. The molecule has 0 saturated carbocycles. The molecule has 1 N–H and O–H groups in total. The molecule has 0 spiro atoms. The largest absolute Gasteiger partial charge is 0.483 e. The van der Waals surface area contributed by atoms with E-state index in [1.165, 1.54) is 36.4 Å². The van der Waals surface area contributed by atoms with E-state index in [0.717, 1.165) is 11.3 Å². The van der Waals surface area contributed by atoms with Gasteiger partial charge in [0.1, 0.15) is 6.61 Å². The zero-order valence-corrected chi connectivity index (χ0v) is 13.9. The highest BCUT2D eigenvalue weighted by Gasteiger charge is 2.13. The summed E-state index contributed by atoms with van der Waals surface area (Å²) in [7, 11) is 0. The van der Waals surface area contributed by atoms with Crippen molar-refractivity contribution in [1.29, 1.82) is 0 Å². The highest BCUT2D eigenvalue weighted by Crippen LogP contribution is 2.21. The van der Waals surface area contributed by atoms with E-state index >= 15 is 0 Å². The van der Waals surface area contributed by atoms with Crippen molar-refractivity contribution >= 4 is 28.1 Å². The summed E-state index contributed by atoms with van der Waals surface area (Å²) in [6.45, 7) is 0.00595. The summed E-state index contributed by atoms with van der Waals surface area (Å²) >= 11 is 1.08. The van der Waals surface area contributed by atoms with Gasteiger partial charge >= 0.3 is 0 Å². The van der Waals surface area contributed by atoms with E-state index in [9.17, 15) is 19.3 Å². The fourth-order valence-electron chi connectivity index (χ4n) is 1.97. The number of benzene rings is 2. The number of nitro groups is 1. The van der Waals surface area contributed by atoms with Gasteiger partial charge in [0.25, 0.3) is 11.6 Å². The molecule has 26 heavy (non-hydrogen) atoms. The first kappa shape index (κ1) is 17.4. The van der Waals surface area contributed by atoms with Crippen LogP contribution in [0.15, 0.2) is 48.5 Å². The molecule has 0 saturated heterocycles. The van der Waals surface area contributed by atoms with Crippen LogP contribution in [0.3, 0.4) is 0 Å². The highest BCUT2D eigenvalue weighted by atomic mass is 32.1. The summed E-state index contributed by atoms with van der Waals surface area (Å²) in [4.78, 5) is 22.2. The Morgan fingerprint density at radius 1 is 1.19 bits per heavy atom. The number of para-hydroxylation sites is 1. The fourth-order valence-corrected chi connectivity index (χ4v) is 2.62. The summed E-state index contributed by atoms with van der Waals surface area (Å²) in [6.07, 6.45) is 0. The molecule has 1 aromatic heterocycles. The lowest BCUT2D eigenvalue weighted by atomic mass is 10.2. The van der Waals surface area contributed by atoms with E-state index in [-0.39, 0.29) is 28.7 Å². The van der Waals surface area contributed by atoms with Gasteiger partial charge in [-0.05, 0) is 24.3 Å². The maximum absolute atomic E-state index is 13.5. The second kappa shape index (κ2) is 7.66. The number of amides is 1. The Labute approximate surface area is 150 Å². The SMILES string of the molecule is O=C(Nc1nnc(COc2ccccc2F)s1)c1ccc([N+](=O)[O-])cc1. The van der Waals surface area contributed by atoms with Gasteiger partial charge < -0.3 is 4.74 Å². The van der Waals surface area contributed by atoms with Crippen LogP contribution in [0.25, 0.3) is 0 Å². The zero-order valence-electron chi connectivity index (χ0n) is 13.1. The van der Waals surface area contributed by atoms with Gasteiger partial charge in [0, 0.05) is 17.7 Å². The Balaban J connectivity index is 1.60. The van der Waals surface area contributed by atoms with Crippen LogP contribution in [0.5, 0.6) is 5.75 Å². The molecule has 1 heterocycles. The molecule has 3 aromatic rings. The minimum Gasteiger partial charge on any atom is -0.483 e. The van der Waals surface area contributed by atoms with Crippen LogP contribution in [0.1, 0.15) is 15.4 Å². The molecule has 0 atom stereocenters. The lowest BCUT2D eigenvalue weighted by molar-refractivity contribution is -0.384. The number of hydrogen-bond donors (Lipinski definition) is 1. The van der Waals surface area contributed by atoms with Gasteiger partial charge in [-0.3, -0.25) is 20.2 Å². The van der Waals surface area contributed by atoms with Gasteiger partial charge in [-0.15, -0.1) is 10.2 Å². The van der Waals surface area contributed by atoms with Gasteiger partial charge in [-0.1, -0.05) is 23.5 Å². The molecule has 0 aliphatic rings. The van der Waals surface area contributed by atoms with Crippen LogP contribution in [0.4, 0.5) is 15.2 Å². The van der Waals surface area contributed by atoms with Crippen LogP contribution < -0.4 is 10.1 Å². The van der Waals surface area contributed by atoms with E-state index in [1.807, 2.05) is 0 Å². The predicted octanol–water partition coefficient (Wildman–Crippen LogP) is 3.42. The smallest absolute Gasteiger partial charge is 0.269 e. The van der Waals surface area contributed by atoms with Crippen molar-refractivity contribution in [1.82, 2.24) is 10.2 Å². The third-order valence-electron chi connectivity index (χ3n) is 3.22. The van der Waals surface area contributed by atoms with Crippen LogP contribution in [0, 0.1) is 15.9 Å². The number of carbonyl (C=O) groups excluding carboxylic acids is 1. The van der Waals surface area contributed by atoms with E-state index < -0.39 is 16.6 Å². The maximum Gasteiger partial charge on any atom is 0.269 e. The Morgan fingerprint density at radius 3 is 2.62 bits per heavy atom. The number of nitro benzene ring substituents is 1. The van der Waals surface area contributed by atoms with Crippen molar-refractivity contribution in [3.05, 3.63) is 75.0 Å². The van der Waals surface area contributed by atoms with E-state index in [2.05, 4.69) is 15.5 Å². The normalized spacial score (nSPS) is 10.3. The molecular formula is C16H11FN4O4S. The summed E-state index contributed by atoms with van der Waals surface area (Å²) in [5, 5.41) is 21.5. The van der Waals surface area contributed by atoms with Gasteiger partial charge in [0.15, 0.2) is 16.6 Å². The van der Waals surface area contributed by atoms with Crippen LogP contribution in [0.2, 0.25) is 0 Å². The Morgan fingerprint density at radius 2 is 1.92 bits per heavy atom. The van der Waals surface area contributed by atoms with Gasteiger partial charge in [-0.25, -0.2) is 4.39 Å². The first-order valence-electron chi connectivity index (χ1n) is 7.28. The molecule has 0 unspecified atom stereocenters. The molecule has 0 aliphatic heterocycles. The predicted molar refractivity (Wildman–Crippen MR) is 91.7 cm³/mol. The molecule has 10 heteroatoms. The maximum atomic E-state index is 13.5. The number of anilines is 1. The lowest BCUT2D eigenvalue weighted by Crippen LogP contribution is -2.11. The quantitative estimate of drug-likeness (QED) is 0.523. The second-order valence-electron chi connectivity index (χ2n) is 4.98. The first-order chi connectivity index (χ1) is 12.5. The molecule has 2 aromatic carbocycles. The summed E-state index contributed by atoms with van der Waals surface area (Å²) in [5.41, 5.74) is 0.139. The van der Waals surface area contributed by atoms with E-state index in [0.29, 0.717) is 5.01 Å². The van der Waals surface area contributed by atoms with Crippen LogP contribution in [-0.2, 0) is 6.61 Å². The molecule has 0 aliphatic carbocycles. The van der Waals surface area contributed by atoms with Crippen molar-refractivity contribution in [2.24, 2.45) is 0 Å². The first-order valence-corrected chi connectivity index (χ1v) is 8.10. The average molecular weight is 374 g/mol. The number of rotatable bonds is 6. The number of nitrogens with zero attached hydrogens (tertiary/aromatic N) is 3. The number of carbonyl (C=O) groups is 1. The minimum atomic E-state index is -0.547. The molecule has 8 nitrogen and oxygen atoms in total. The van der Waals surface area contributed by atoms with Gasteiger partial charge in [0.2, 0.25) is 5.13 Å². The molecule has 3 rings (SSSR count). The van der Waals surface area contributed by atoms with E-state index in [4.69, 9.17) is 4.74 Å². The van der Waals surface area contributed by atoms with Crippen molar-refractivity contribution in [2.75, 3.05) is 5.32 Å². The standard InChI is InChI=1S/C16H11FN4O4S/c17-12-3-1-2-4-13(12)25-9-14-19-20-16(26-14)18-15(22)10-5-7-11(8-6-10)21(23)24/h1-8H,9H2,(H,18,20,22). The summed E-state index contributed by atoms with van der Waals surface area (Å²) < 4.78 is 18.8. The van der Waals surface area contributed by atoms with Crippen LogP contribution in [-0.4, -0.2) is 21.0 Å². The topological polar surface area (TPSA) is 107 Å². The molecular weight excluding hydrogens is 363 g/mol. The lowest BCUT2D eigenvalue weighted by Gasteiger charge is -2.03. The minimum absolute atomic E-state index is 0.00595. The zero-order chi connectivity index (χ0) is 18.5. The molecule has 1 amide bonds. The van der Waals surface area contributed by atoms with Crippen molar-refractivity contribution in [2.45, 2.75) is 6.61 Å². The highest BCUT2D eigenvalue weighted by molar-refractivity contribution is 7.15. The van der Waals surface area contributed by atoms with Crippen molar-refractivity contribution < 1.29 is 18.8 Å². The fraction of sp³-hybridized carbons (Fsp3) is 0.0625. The number of halogens is 1. The third kappa shape index (κ3) is 4.16. The van der Waals surface area contributed by atoms with Crippen molar-refractivity contribution in [3.8, 4) is 5.75 Å². The monoisotopic (exact) mass is 374 g/mol. The second-order valence-corrected chi connectivity index (χ2v) is 6.04. The summed E-state index contributed by atoms with van der Waals surface area (Å²) in [6, 6.07) is 11.1. The Bertz CT molecular complexity index is 945. The average Bonchev–Trinajstić information content (AvgIpc) is 3.08. The number of ether oxygens (including phenoxy) is 1. The summed E-state index contributed by atoms with van der Waals surface area (Å²) in [5.74, 6) is -0.861. The Kier molecular flexibility index (Phi) is 5.13. The number of non-ortho nitro benzene ring substituents is 1. The number of hydrogen-bond acceptors (Lipinski definition) is 7. The number of nitrogens with one attached hydrogen (secondary N) is 1. The molecule has 0 bridgehead atoms. The van der Waals surface area contributed by atoms with E-state index in [1.54, 1.807) is 12.1 Å². The number of aromatic nitrogens is 2. The van der Waals surface area contributed by atoms with Crippen LogP contribution >= 0.6 is 11.3 Å². The Hall–Kier alpha value is -3.40. The van der Waals surface area contributed by atoms with Crippen molar-refractivity contribution in [3.63, 3.8) is 0 Å². The molecule has 0 radical (unpaired) electrons. The van der Waals surface area contributed by atoms with Gasteiger partial charge in [-0.2, -0.15) is 0 Å². The molecule has 132 valence electrons. The van der Waals surface area contributed by atoms with Gasteiger partial charge in [0.05, 0.1) is 4.92 Å². The third-order valence-corrected chi connectivity index (χ3v) is 4.03.